The van der Waals surface area contributed by atoms with Gasteiger partial charge in [-0.3, -0.25) is 4.79 Å². The van der Waals surface area contributed by atoms with E-state index in [2.05, 4.69) is 0 Å². The molecule has 76 valence electrons. The summed E-state index contributed by atoms with van der Waals surface area (Å²) in [6, 6.07) is 0. The molecule has 0 aromatic carbocycles. The second kappa shape index (κ2) is 3.64. The molecule has 1 rings (SSSR count). The van der Waals surface area contributed by atoms with E-state index >= 15 is 0 Å². The van der Waals surface area contributed by atoms with Crippen molar-refractivity contribution < 1.29 is 19.4 Å². The van der Waals surface area contributed by atoms with Gasteiger partial charge in [0.2, 0.25) is 6.29 Å². The van der Waals surface area contributed by atoms with Gasteiger partial charge in [0, 0.05) is 6.61 Å². The number of carbonyl (C=O) groups is 1. The molecule has 1 aliphatic heterocycles. The summed E-state index contributed by atoms with van der Waals surface area (Å²) in [6.45, 7) is 5.62. The van der Waals surface area contributed by atoms with Crippen molar-refractivity contribution in [2.75, 3.05) is 6.61 Å². The minimum atomic E-state index is -0.938. The lowest BCUT2D eigenvalue weighted by Gasteiger charge is -2.27. The molecule has 0 spiro atoms. The summed E-state index contributed by atoms with van der Waals surface area (Å²) >= 11 is 0. The summed E-state index contributed by atoms with van der Waals surface area (Å²) in [5.41, 5.74) is -0.938. The van der Waals surface area contributed by atoms with Gasteiger partial charge in [0.05, 0.1) is 17.9 Å². The van der Waals surface area contributed by atoms with Gasteiger partial charge in [-0.1, -0.05) is 0 Å². The number of carbonyl (C=O) groups excluding carboxylic acids is 1. The molecule has 0 unspecified atom stereocenters. The Bertz CT molecular complexity index is 194. The molecule has 0 aromatic heterocycles. The van der Waals surface area contributed by atoms with E-state index < -0.39 is 11.9 Å². The molecule has 0 amide bonds. The predicted octanol–water partition coefficient (Wildman–Crippen LogP) is 0.683. The largest absolute Gasteiger partial charge is 0.435 e. The molecule has 13 heavy (non-hydrogen) atoms. The summed E-state index contributed by atoms with van der Waals surface area (Å²) in [5.74, 6) is -0.564. The van der Waals surface area contributed by atoms with Crippen LogP contribution in [0.15, 0.2) is 0 Å². The summed E-state index contributed by atoms with van der Waals surface area (Å²) in [7, 11) is 0. The first kappa shape index (κ1) is 10.5. The molecular weight excluding hydrogens is 172 g/mol. The number of rotatable bonds is 3. The van der Waals surface area contributed by atoms with Crippen molar-refractivity contribution >= 4 is 5.97 Å². The van der Waals surface area contributed by atoms with Crippen LogP contribution in [-0.2, 0) is 14.3 Å². The number of hydrogen-bond donors (Lipinski definition) is 1. The average molecular weight is 188 g/mol. The summed E-state index contributed by atoms with van der Waals surface area (Å²) in [4.78, 5) is 11.0. The fourth-order valence-corrected chi connectivity index (χ4v) is 1.43. The van der Waals surface area contributed by atoms with Crippen LogP contribution >= 0.6 is 0 Å². The van der Waals surface area contributed by atoms with Gasteiger partial charge in [-0.2, -0.15) is 0 Å². The molecule has 0 saturated carbocycles. The van der Waals surface area contributed by atoms with E-state index in [9.17, 15) is 9.90 Å². The highest BCUT2D eigenvalue weighted by molar-refractivity contribution is 5.72. The zero-order valence-corrected chi connectivity index (χ0v) is 8.24. The van der Waals surface area contributed by atoms with Gasteiger partial charge in [-0.25, -0.2) is 0 Å². The molecule has 0 aliphatic carbocycles. The molecule has 4 heteroatoms. The van der Waals surface area contributed by atoms with Crippen LogP contribution in [0, 0.1) is 5.92 Å². The first-order chi connectivity index (χ1) is 5.95. The number of aliphatic hydroxyl groups is 1. The zero-order valence-electron chi connectivity index (χ0n) is 8.24. The second-order valence-electron chi connectivity index (χ2n) is 3.78. The van der Waals surface area contributed by atoms with Gasteiger partial charge >= 0.3 is 5.97 Å². The van der Waals surface area contributed by atoms with E-state index in [4.69, 9.17) is 9.47 Å². The zero-order chi connectivity index (χ0) is 10.1. The van der Waals surface area contributed by atoms with Crippen LogP contribution < -0.4 is 0 Å². The Labute approximate surface area is 77.8 Å². The molecular formula is C9H16O4. The van der Waals surface area contributed by atoms with Crippen LogP contribution in [0.25, 0.3) is 0 Å². The van der Waals surface area contributed by atoms with Gasteiger partial charge in [-0.15, -0.1) is 0 Å². The first-order valence-electron chi connectivity index (χ1n) is 4.48. The molecule has 0 bridgehead atoms. The van der Waals surface area contributed by atoms with E-state index in [1.54, 1.807) is 13.8 Å². The Morgan fingerprint density at radius 3 is 2.77 bits per heavy atom. The highest BCUT2D eigenvalue weighted by Crippen LogP contribution is 2.32. The normalized spacial score (nSPS) is 29.1. The van der Waals surface area contributed by atoms with E-state index in [0.717, 1.165) is 0 Å². The molecule has 1 aliphatic rings. The standard InChI is InChI=1S/C9H16O4/c1-4-12-8-6(9(2,3)11)5-7(10)13-8/h6,8,11H,4-5H2,1-3H3/t6-,8+/m0/s1. The van der Waals surface area contributed by atoms with Gasteiger partial charge in [0.1, 0.15) is 0 Å². The fraction of sp³-hybridized carbons (Fsp3) is 0.889. The Morgan fingerprint density at radius 2 is 2.31 bits per heavy atom. The summed E-state index contributed by atoms with van der Waals surface area (Å²) in [5, 5.41) is 9.72. The molecule has 1 heterocycles. The molecule has 1 saturated heterocycles. The van der Waals surface area contributed by atoms with Gasteiger partial charge in [0.25, 0.3) is 0 Å². The fourth-order valence-electron chi connectivity index (χ4n) is 1.43. The second-order valence-corrected chi connectivity index (χ2v) is 3.78. The number of ether oxygens (including phenoxy) is 2. The molecule has 2 atom stereocenters. The number of esters is 1. The minimum Gasteiger partial charge on any atom is -0.435 e. The molecule has 1 fully saturated rings. The van der Waals surface area contributed by atoms with E-state index in [1.165, 1.54) is 0 Å². The summed E-state index contributed by atoms with van der Waals surface area (Å²) in [6.07, 6.45) is -0.355. The molecule has 1 N–H and O–H groups in total. The first-order valence-corrected chi connectivity index (χ1v) is 4.48. The third kappa shape index (κ3) is 2.42. The topological polar surface area (TPSA) is 55.8 Å². The van der Waals surface area contributed by atoms with Crippen molar-refractivity contribution in [3.8, 4) is 0 Å². The third-order valence-corrected chi connectivity index (χ3v) is 2.20. The minimum absolute atomic E-state index is 0.230. The van der Waals surface area contributed by atoms with E-state index in [0.29, 0.717) is 6.61 Å². The maximum atomic E-state index is 11.0. The average Bonchev–Trinajstić information content (AvgIpc) is 2.30. The van der Waals surface area contributed by atoms with Gasteiger partial charge < -0.3 is 14.6 Å². The van der Waals surface area contributed by atoms with Crippen molar-refractivity contribution in [2.24, 2.45) is 5.92 Å². The highest BCUT2D eigenvalue weighted by Gasteiger charge is 2.44. The van der Waals surface area contributed by atoms with Crippen molar-refractivity contribution in [2.45, 2.75) is 39.1 Å². The van der Waals surface area contributed by atoms with Crippen molar-refractivity contribution in [1.82, 2.24) is 0 Å². The van der Waals surface area contributed by atoms with Crippen molar-refractivity contribution in [3.63, 3.8) is 0 Å². The SMILES string of the molecule is CCO[C@@H]1OC(=O)C[C@@H]1C(C)(C)O. The van der Waals surface area contributed by atoms with Crippen LogP contribution in [0.4, 0.5) is 0 Å². The monoisotopic (exact) mass is 188 g/mol. The lowest BCUT2D eigenvalue weighted by Crippen LogP contribution is -2.37. The summed E-state index contributed by atoms with van der Waals surface area (Å²) < 4.78 is 10.1. The number of cyclic esters (lactones) is 1. The molecule has 4 nitrogen and oxygen atoms in total. The van der Waals surface area contributed by atoms with Crippen LogP contribution in [0.2, 0.25) is 0 Å². The highest BCUT2D eigenvalue weighted by atomic mass is 16.7. The Balaban J connectivity index is 2.66. The van der Waals surface area contributed by atoms with Crippen molar-refractivity contribution in [3.05, 3.63) is 0 Å². The van der Waals surface area contributed by atoms with Crippen molar-refractivity contribution in [1.29, 1.82) is 0 Å². The third-order valence-electron chi connectivity index (χ3n) is 2.20. The Morgan fingerprint density at radius 1 is 1.69 bits per heavy atom. The van der Waals surface area contributed by atoms with Crippen LogP contribution in [0.5, 0.6) is 0 Å². The van der Waals surface area contributed by atoms with Gasteiger partial charge in [0.15, 0.2) is 0 Å². The molecule has 0 aromatic rings. The van der Waals surface area contributed by atoms with E-state index in [-0.39, 0.29) is 18.3 Å². The maximum Gasteiger partial charge on any atom is 0.308 e. The Hall–Kier alpha value is -0.610. The molecule has 0 radical (unpaired) electrons. The maximum absolute atomic E-state index is 11.0. The van der Waals surface area contributed by atoms with Crippen LogP contribution in [-0.4, -0.2) is 29.6 Å². The van der Waals surface area contributed by atoms with E-state index in [1.807, 2.05) is 6.92 Å². The number of hydrogen-bond acceptors (Lipinski definition) is 4. The Kier molecular flexibility index (Phi) is 2.93. The smallest absolute Gasteiger partial charge is 0.308 e. The van der Waals surface area contributed by atoms with Crippen LogP contribution in [0.3, 0.4) is 0 Å². The van der Waals surface area contributed by atoms with Gasteiger partial charge in [-0.05, 0) is 20.8 Å². The van der Waals surface area contributed by atoms with Crippen LogP contribution in [0.1, 0.15) is 27.2 Å². The quantitative estimate of drug-likeness (QED) is 0.662. The predicted molar refractivity (Wildman–Crippen MR) is 45.9 cm³/mol. The lowest BCUT2D eigenvalue weighted by molar-refractivity contribution is -0.176. The lowest BCUT2D eigenvalue weighted by atomic mass is 9.89.